The molecule has 0 bridgehead atoms. The SMILES string of the molecule is NCc1cnn2cc(CC3CCC(F)(F)CC3)nc2c1. The lowest BCUT2D eigenvalue weighted by atomic mass is 9.84. The lowest BCUT2D eigenvalue weighted by Crippen LogP contribution is -2.25. The van der Waals surface area contributed by atoms with Crippen LogP contribution in [-0.4, -0.2) is 20.5 Å². The van der Waals surface area contributed by atoms with Crippen molar-refractivity contribution >= 4 is 5.65 Å². The second-order valence-corrected chi connectivity index (χ2v) is 5.61. The Balaban J connectivity index is 1.72. The number of aromatic nitrogens is 3. The molecule has 1 aliphatic carbocycles. The van der Waals surface area contributed by atoms with Crippen LogP contribution < -0.4 is 5.73 Å². The lowest BCUT2D eigenvalue weighted by molar-refractivity contribution is -0.0457. The van der Waals surface area contributed by atoms with Crippen LogP contribution in [0.15, 0.2) is 18.5 Å². The van der Waals surface area contributed by atoms with Crippen molar-refractivity contribution in [2.45, 2.75) is 44.6 Å². The predicted octanol–water partition coefficient (Wildman–Crippen LogP) is 2.56. The summed E-state index contributed by atoms with van der Waals surface area (Å²) in [6.45, 7) is 0.434. The molecule has 0 aliphatic heterocycles. The molecule has 20 heavy (non-hydrogen) atoms. The molecule has 1 aliphatic rings. The van der Waals surface area contributed by atoms with Gasteiger partial charge in [0.15, 0.2) is 5.65 Å². The summed E-state index contributed by atoms with van der Waals surface area (Å²) in [5, 5.41) is 4.24. The van der Waals surface area contributed by atoms with E-state index in [1.807, 2.05) is 12.3 Å². The Morgan fingerprint density at radius 1 is 1.35 bits per heavy atom. The molecule has 2 heterocycles. The summed E-state index contributed by atoms with van der Waals surface area (Å²) in [7, 11) is 0. The minimum absolute atomic E-state index is 0.000605. The van der Waals surface area contributed by atoms with Gasteiger partial charge in [0.25, 0.3) is 0 Å². The fourth-order valence-electron chi connectivity index (χ4n) is 2.77. The Bertz CT molecular complexity index is 598. The van der Waals surface area contributed by atoms with Crippen LogP contribution in [0.1, 0.15) is 36.9 Å². The van der Waals surface area contributed by atoms with E-state index in [1.165, 1.54) is 0 Å². The molecule has 2 aromatic heterocycles. The minimum Gasteiger partial charge on any atom is -0.326 e. The number of fused-ring (bicyclic) bond motifs is 1. The van der Waals surface area contributed by atoms with Crippen LogP contribution in [0.3, 0.4) is 0 Å². The van der Waals surface area contributed by atoms with E-state index < -0.39 is 5.92 Å². The van der Waals surface area contributed by atoms with Gasteiger partial charge in [0.1, 0.15) is 0 Å². The number of rotatable bonds is 3. The number of nitrogens with zero attached hydrogens (tertiary/aromatic N) is 3. The summed E-state index contributed by atoms with van der Waals surface area (Å²) in [5.41, 5.74) is 8.20. The van der Waals surface area contributed by atoms with Gasteiger partial charge in [0, 0.05) is 19.4 Å². The maximum atomic E-state index is 13.1. The molecule has 2 N–H and O–H groups in total. The van der Waals surface area contributed by atoms with Gasteiger partial charge in [0.2, 0.25) is 5.92 Å². The largest absolute Gasteiger partial charge is 0.326 e. The molecule has 0 amide bonds. The first-order valence-electron chi connectivity index (χ1n) is 6.97. The predicted molar refractivity (Wildman–Crippen MR) is 71.5 cm³/mol. The summed E-state index contributed by atoms with van der Waals surface area (Å²) < 4.78 is 28.0. The van der Waals surface area contributed by atoms with E-state index in [-0.39, 0.29) is 12.8 Å². The molecule has 108 valence electrons. The average molecular weight is 280 g/mol. The van der Waals surface area contributed by atoms with Crippen molar-refractivity contribution in [3.8, 4) is 0 Å². The van der Waals surface area contributed by atoms with Crippen LogP contribution >= 0.6 is 0 Å². The smallest absolute Gasteiger partial charge is 0.248 e. The van der Waals surface area contributed by atoms with E-state index in [0.717, 1.165) is 23.3 Å². The molecule has 2 aromatic rings. The number of hydrogen-bond donors (Lipinski definition) is 1. The normalized spacial score (nSPS) is 19.6. The summed E-state index contributed by atoms with van der Waals surface area (Å²) in [5.74, 6) is -2.17. The highest BCUT2D eigenvalue weighted by atomic mass is 19.3. The molecule has 0 saturated heterocycles. The van der Waals surface area contributed by atoms with Crippen molar-refractivity contribution in [1.29, 1.82) is 0 Å². The molecular formula is C14H18F2N4. The van der Waals surface area contributed by atoms with Gasteiger partial charge < -0.3 is 5.73 Å². The molecule has 0 spiro atoms. The second kappa shape index (κ2) is 5.09. The van der Waals surface area contributed by atoms with Crippen molar-refractivity contribution in [2.75, 3.05) is 0 Å². The van der Waals surface area contributed by atoms with E-state index in [4.69, 9.17) is 5.73 Å². The fraction of sp³-hybridized carbons (Fsp3) is 0.571. The van der Waals surface area contributed by atoms with Crippen LogP contribution in [-0.2, 0) is 13.0 Å². The topological polar surface area (TPSA) is 56.2 Å². The Morgan fingerprint density at radius 2 is 2.10 bits per heavy atom. The van der Waals surface area contributed by atoms with Gasteiger partial charge >= 0.3 is 0 Å². The van der Waals surface area contributed by atoms with Crippen molar-refractivity contribution in [1.82, 2.24) is 14.6 Å². The molecule has 0 atom stereocenters. The lowest BCUT2D eigenvalue weighted by Gasteiger charge is -2.27. The van der Waals surface area contributed by atoms with Crippen LogP contribution in [0.5, 0.6) is 0 Å². The number of halogens is 2. The number of nitrogens with two attached hydrogens (primary N) is 1. The van der Waals surface area contributed by atoms with Crippen LogP contribution in [0.25, 0.3) is 5.65 Å². The van der Waals surface area contributed by atoms with E-state index >= 15 is 0 Å². The highest BCUT2D eigenvalue weighted by Crippen LogP contribution is 2.37. The fourth-order valence-corrected chi connectivity index (χ4v) is 2.77. The molecule has 1 fully saturated rings. The first-order chi connectivity index (χ1) is 9.55. The molecule has 0 unspecified atom stereocenters. The highest BCUT2D eigenvalue weighted by molar-refractivity contribution is 5.40. The third kappa shape index (κ3) is 2.80. The first kappa shape index (κ1) is 13.4. The molecule has 1 saturated carbocycles. The van der Waals surface area contributed by atoms with Gasteiger partial charge in [-0.05, 0) is 36.8 Å². The van der Waals surface area contributed by atoms with Gasteiger partial charge in [-0.15, -0.1) is 0 Å². The third-order valence-electron chi connectivity index (χ3n) is 4.00. The monoisotopic (exact) mass is 280 g/mol. The highest BCUT2D eigenvalue weighted by Gasteiger charge is 2.34. The zero-order chi connectivity index (χ0) is 14.2. The quantitative estimate of drug-likeness (QED) is 0.940. The van der Waals surface area contributed by atoms with E-state index in [9.17, 15) is 8.78 Å². The summed E-state index contributed by atoms with van der Waals surface area (Å²) in [6.07, 6.45) is 5.49. The number of alkyl halides is 2. The summed E-state index contributed by atoms with van der Waals surface area (Å²) >= 11 is 0. The first-order valence-corrected chi connectivity index (χ1v) is 6.97. The van der Waals surface area contributed by atoms with Crippen LogP contribution in [0.2, 0.25) is 0 Å². The summed E-state index contributed by atoms with van der Waals surface area (Å²) in [4.78, 5) is 4.51. The molecule has 0 radical (unpaired) electrons. The Kier molecular flexibility index (Phi) is 3.41. The van der Waals surface area contributed by atoms with Gasteiger partial charge in [0.05, 0.1) is 18.1 Å². The molecule has 6 heteroatoms. The zero-order valence-electron chi connectivity index (χ0n) is 11.2. The number of imidazole rings is 1. The van der Waals surface area contributed by atoms with Crippen molar-refractivity contribution in [3.05, 3.63) is 29.7 Å². The maximum absolute atomic E-state index is 13.1. The maximum Gasteiger partial charge on any atom is 0.248 e. The molecular weight excluding hydrogens is 262 g/mol. The van der Waals surface area contributed by atoms with E-state index in [2.05, 4.69) is 10.1 Å². The molecule has 3 rings (SSSR count). The standard InChI is InChI=1S/C14H18F2N4/c15-14(16)3-1-10(2-4-14)5-12-9-20-13(19-12)6-11(7-17)8-18-20/h6,8-10H,1-5,7,17H2. The second-order valence-electron chi connectivity index (χ2n) is 5.61. The van der Waals surface area contributed by atoms with Crippen LogP contribution in [0, 0.1) is 5.92 Å². The van der Waals surface area contributed by atoms with Gasteiger partial charge in [-0.3, -0.25) is 0 Å². The number of hydrogen-bond acceptors (Lipinski definition) is 3. The third-order valence-corrected chi connectivity index (χ3v) is 4.00. The Morgan fingerprint density at radius 3 is 2.80 bits per heavy atom. The summed E-state index contributed by atoms with van der Waals surface area (Å²) in [6, 6.07) is 1.91. The van der Waals surface area contributed by atoms with Crippen LogP contribution in [0.4, 0.5) is 8.78 Å². The van der Waals surface area contributed by atoms with Gasteiger partial charge in [-0.25, -0.2) is 18.3 Å². The van der Waals surface area contributed by atoms with Gasteiger partial charge in [-0.2, -0.15) is 5.10 Å². The Labute approximate surface area is 116 Å². The molecule has 0 aromatic carbocycles. The average Bonchev–Trinajstić information content (AvgIpc) is 2.82. The van der Waals surface area contributed by atoms with E-state index in [1.54, 1.807) is 10.7 Å². The van der Waals surface area contributed by atoms with Crippen molar-refractivity contribution in [2.24, 2.45) is 11.7 Å². The van der Waals surface area contributed by atoms with Crippen molar-refractivity contribution in [3.63, 3.8) is 0 Å². The molecule has 4 nitrogen and oxygen atoms in total. The van der Waals surface area contributed by atoms with E-state index in [0.29, 0.717) is 25.3 Å². The Hall–Kier alpha value is -1.56. The zero-order valence-corrected chi connectivity index (χ0v) is 11.2. The minimum atomic E-state index is -2.47. The van der Waals surface area contributed by atoms with Gasteiger partial charge in [-0.1, -0.05) is 0 Å². The van der Waals surface area contributed by atoms with Crippen molar-refractivity contribution < 1.29 is 8.78 Å².